The van der Waals surface area contributed by atoms with Crippen molar-refractivity contribution < 1.29 is 9.13 Å². The second-order valence-corrected chi connectivity index (χ2v) is 5.85. The first-order chi connectivity index (χ1) is 10.1. The molecule has 112 valence electrons. The van der Waals surface area contributed by atoms with E-state index in [1.54, 1.807) is 23.9 Å². The molecule has 0 heterocycles. The summed E-state index contributed by atoms with van der Waals surface area (Å²) in [7, 11) is 0. The molecule has 2 aromatic rings. The first kappa shape index (κ1) is 15.9. The lowest BCUT2D eigenvalue weighted by molar-refractivity contribution is 0.449. The molecule has 0 saturated carbocycles. The van der Waals surface area contributed by atoms with Gasteiger partial charge in [-0.1, -0.05) is 32.0 Å². The molecule has 2 rings (SSSR count). The Bertz CT molecular complexity index is 601. The van der Waals surface area contributed by atoms with Crippen LogP contribution in [-0.2, 0) is 6.54 Å². The molecule has 0 bridgehead atoms. The van der Waals surface area contributed by atoms with Crippen LogP contribution in [0, 0.1) is 5.82 Å². The van der Waals surface area contributed by atoms with Crippen molar-refractivity contribution >= 4 is 11.8 Å². The minimum Gasteiger partial charge on any atom is -0.456 e. The maximum absolute atomic E-state index is 14.1. The van der Waals surface area contributed by atoms with Gasteiger partial charge in [-0.2, -0.15) is 0 Å². The van der Waals surface area contributed by atoms with E-state index in [4.69, 9.17) is 4.74 Å². The Labute approximate surface area is 129 Å². The van der Waals surface area contributed by atoms with Gasteiger partial charge < -0.3 is 10.1 Å². The van der Waals surface area contributed by atoms with Gasteiger partial charge in [-0.25, -0.2) is 4.39 Å². The van der Waals surface area contributed by atoms with Crippen molar-refractivity contribution in [2.75, 3.05) is 6.26 Å². The van der Waals surface area contributed by atoms with Gasteiger partial charge >= 0.3 is 0 Å². The largest absolute Gasteiger partial charge is 0.456 e. The van der Waals surface area contributed by atoms with Crippen LogP contribution in [0.2, 0.25) is 0 Å². The lowest BCUT2D eigenvalue weighted by Crippen LogP contribution is -2.22. The van der Waals surface area contributed by atoms with Crippen molar-refractivity contribution in [2.24, 2.45) is 0 Å². The molecule has 0 aliphatic carbocycles. The van der Waals surface area contributed by atoms with Crippen molar-refractivity contribution in [3.05, 3.63) is 53.8 Å². The van der Waals surface area contributed by atoms with Gasteiger partial charge in [0, 0.05) is 23.0 Å². The summed E-state index contributed by atoms with van der Waals surface area (Å²) in [5, 5.41) is 3.23. The van der Waals surface area contributed by atoms with E-state index in [-0.39, 0.29) is 11.9 Å². The highest BCUT2D eigenvalue weighted by Crippen LogP contribution is 2.33. The van der Waals surface area contributed by atoms with Gasteiger partial charge in [0.2, 0.25) is 0 Å². The maximum atomic E-state index is 14.1. The summed E-state index contributed by atoms with van der Waals surface area (Å²) in [5.74, 6) is 1.06. The summed E-state index contributed by atoms with van der Waals surface area (Å²) in [6.45, 7) is 4.51. The number of hydrogen-bond acceptors (Lipinski definition) is 3. The normalized spacial score (nSPS) is 10.9. The summed E-state index contributed by atoms with van der Waals surface area (Å²) in [4.78, 5) is 1.03. The molecule has 0 aromatic heterocycles. The van der Waals surface area contributed by atoms with E-state index in [1.807, 2.05) is 44.4 Å². The van der Waals surface area contributed by atoms with Crippen molar-refractivity contribution in [1.82, 2.24) is 5.32 Å². The third kappa shape index (κ3) is 4.22. The molecule has 0 unspecified atom stereocenters. The van der Waals surface area contributed by atoms with Gasteiger partial charge in [0.05, 0.1) is 0 Å². The summed E-state index contributed by atoms with van der Waals surface area (Å²) in [6.07, 6.45) is 2.00. The predicted octanol–water partition coefficient (Wildman–Crippen LogP) is 4.84. The van der Waals surface area contributed by atoms with Crippen molar-refractivity contribution in [1.29, 1.82) is 0 Å². The van der Waals surface area contributed by atoms with Crippen LogP contribution in [0.3, 0.4) is 0 Å². The Morgan fingerprint density at radius 1 is 1.10 bits per heavy atom. The van der Waals surface area contributed by atoms with Crippen molar-refractivity contribution in [3.63, 3.8) is 0 Å². The third-order valence-electron chi connectivity index (χ3n) is 3.05. The average Bonchev–Trinajstić information content (AvgIpc) is 2.47. The molecular formula is C17H20FNOS. The van der Waals surface area contributed by atoms with Crippen molar-refractivity contribution in [2.45, 2.75) is 31.3 Å². The molecule has 0 aliphatic rings. The number of hydrogen-bond donors (Lipinski definition) is 1. The van der Waals surface area contributed by atoms with Crippen LogP contribution in [0.15, 0.2) is 47.4 Å². The number of halogens is 1. The van der Waals surface area contributed by atoms with E-state index < -0.39 is 0 Å². The lowest BCUT2D eigenvalue weighted by atomic mass is 10.1. The van der Waals surface area contributed by atoms with Gasteiger partial charge in [0.25, 0.3) is 0 Å². The van der Waals surface area contributed by atoms with Crippen LogP contribution in [-0.4, -0.2) is 12.3 Å². The zero-order valence-corrected chi connectivity index (χ0v) is 13.3. The van der Waals surface area contributed by atoms with Gasteiger partial charge in [-0.15, -0.1) is 11.8 Å². The van der Waals surface area contributed by atoms with E-state index in [0.717, 1.165) is 10.6 Å². The molecule has 4 heteroatoms. The van der Waals surface area contributed by atoms with Gasteiger partial charge in [-0.05, 0) is 30.5 Å². The van der Waals surface area contributed by atoms with Crippen molar-refractivity contribution in [3.8, 4) is 11.5 Å². The minimum absolute atomic E-state index is 0.248. The molecular weight excluding hydrogens is 285 g/mol. The van der Waals surface area contributed by atoms with E-state index in [0.29, 0.717) is 17.9 Å². The molecule has 1 N–H and O–H groups in total. The average molecular weight is 305 g/mol. The van der Waals surface area contributed by atoms with E-state index in [2.05, 4.69) is 5.32 Å². The zero-order valence-electron chi connectivity index (χ0n) is 12.5. The molecule has 0 saturated heterocycles. The Hall–Kier alpha value is -1.52. The predicted molar refractivity (Wildman–Crippen MR) is 86.7 cm³/mol. The topological polar surface area (TPSA) is 21.3 Å². The highest BCUT2D eigenvalue weighted by molar-refractivity contribution is 7.98. The summed E-state index contributed by atoms with van der Waals surface area (Å²) >= 11 is 1.61. The van der Waals surface area contributed by atoms with E-state index in [9.17, 15) is 4.39 Å². The Morgan fingerprint density at radius 2 is 1.81 bits per heavy atom. The first-order valence-corrected chi connectivity index (χ1v) is 8.16. The van der Waals surface area contributed by atoms with Crippen LogP contribution in [0.25, 0.3) is 0 Å². The molecule has 0 aliphatic heterocycles. The molecule has 0 radical (unpaired) electrons. The fourth-order valence-electron chi connectivity index (χ4n) is 1.93. The highest BCUT2D eigenvalue weighted by Gasteiger charge is 2.12. The monoisotopic (exact) mass is 305 g/mol. The maximum Gasteiger partial charge on any atom is 0.140 e. The summed E-state index contributed by atoms with van der Waals surface area (Å²) < 4.78 is 20.0. The number of ether oxygens (including phenoxy) is 1. The molecule has 0 amide bonds. The molecule has 0 spiro atoms. The van der Waals surface area contributed by atoms with Crippen LogP contribution in [0.5, 0.6) is 11.5 Å². The Morgan fingerprint density at radius 3 is 2.52 bits per heavy atom. The van der Waals surface area contributed by atoms with Gasteiger partial charge in [0.15, 0.2) is 0 Å². The van der Waals surface area contributed by atoms with Gasteiger partial charge in [0.1, 0.15) is 17.3 Å². The highest BCUT2D eigenvalue weighted by atomic mass is 32.2. The van der Waals surface area contributed by atoms with E-state index >= 15 is 0 Å². The summed E-state index contributed by atoms with van der Waals surface area (Å²) in [5.41, 5.74) is 0.558. The fraction of sp³-hybridized carbons (Fsp3) is 0.294. The SMILES string of the molecule is CSc1ccccc1Oc1cccc(F)c1CNC(C)C. The van der Waals surface area contributed by atoms with Crippen LogP contribution in [0.4, 0.5) is 4.39 Å². The number of rotatable bonds is 6. The van der Waals surface area contributed by atoms with E-state index in [1.165, 1.54) is 6.07 Å². The lowest BCUT2D eigenvalue weighted by Gasteiger charge is -2.15. The molecule has 21 heavy (non-hydrogen) atoms. The number of thioether (sulfide) groups is 1. The fourth-order valence-corrected chi connectivity index (χ4v) is 2.46. The van der Waals surface area contributed by atoms with Crippen LogP contribution >= 0.6 is 11.8 Å². The minimum atomic E-state index is -0.248. The Balaban J connectivity index is 2.29. The summed E-state index contributed by atoms with van der Waals surface area (Å²) in [6, 6.07) is 13.0. The molecule has 2 aromatic carbocycles. The smallest absolute Gasteiger partial charge is 0.140 e. The standard InChI is InChI=1S/C17H20FNOS/c1-12(2)19-11-13-14(18)7-6-9-15(13)20-16-8-4-5-10-17(16)21-3/h4-10,12,19H,11H2,1-3H3. The second-order valence-electron chi connectivity index (χ2n) is 5.01. The molecule has 2 nitrogen and oxygen atoms in total. The number of para-hydroxylation sites is 1. The third-order valence-corrected chi connectivity index (χ3v) is 3.83. The first-order valence-electron chi connectivity index (χ1n) is 6.93. The van der Waals surface area contributed by atoms with Crippen LogP contribution in [0.1, 0.15) is 19.4 Å². The zero-order chi connectivity index (χ0) is 15.2. The van der Waals surface area contributed by atoms with Crippen LogP contribution < -0.4 is 10.1 Å². The second kappa shape index (κ2) is 7.48. The quantitative estimate of drug-likeness (QED) is 0.772. The Kier molecular flexibility index (Phi) is 5.65. The molecule has 0 fully saturated rings. The number of nitrogens with one attached hydrogen (secondary N) is 1. The van der Waals surface area contributed by atoms with Gasteiger partial charge in [-0.3, -0.25) is 0 Å². The number of benzene rings is 2. The molecule has 0 atom stereocenters.